The van der Waals surface area contributed by atoms with Crippen LogP contribution in [0.4, 0.5) is 0 Å². The van der Waals surface area contributed by atoms with Gasteiger partial charge in [0.15, 0.2) is 0 Å². The maximum atomic E-state index is 6.25. The molecule has 8 heterocycles. The van der Waals surface area contributed by atoms with E-state index in [9.17, 15) is 0 Å². The number of nitrogens with zero attached hydrogens (tertiary/aromatic N) is 2. The number of H-pyrrole nitrogens is 2. The van der Waals surface area contributed by atoms with Crippen LogP contribution in [0.25, 0.3) is 22.3 Å². The SMILES string of the molecule is C1=C[C@H]2CC[C@@H]1C1=C2C2=NC1=C(c1cccs1)C1=NC(=C(c3cccs3)c3[nH]c(c4c3[C@@H]3C=C[C@H]4CC3)C(c3cccs3)=c3[nH]c(c4c3[C@@H]3C=C[C@H]4CC3)=C2c2cccs2)C2=C1[C@@H]1C=C[C@H]2CC1. The van der Waals surface area contributed by atoms with Gasteiger partial charge in [-0.15, -0.1) is 45.3 Å². The molecule has 13 aliphatic carbocycles. The van der Waals surface area contributed by atoms with Crippen molar-refractivity contribution in [2.75, 3.05) is 0 Å². The normalized spacial score (nSPS) is 29.5. The summed E-state index contributed by atoms with van der Waals surface area (Å²) in [5.74, 6) is 2.68. The first-order valence-electron chi connectivity index (χ1n) is 25.1. The smallest absolute Gasteiger partial charge is 0.0787 e. The summed E-state index contributed by atoms with van der Waals surface area (Å²) in [6.45, 7) is 0. The van der Waals surface area contributed by atoms with Gasteiger partial charge in [-0.1, -0.05) is 72.9 Å². The molecule has 8 atom stereocenters. The lowest BCUT2D eigenvalue weighted by Crippen LogP contribution is -2.29. The van der Waals surface area contributed by atoms with Crippen LogP contribution in [-0.2, 0) is 0 Å². The summed E-state index contributed by atoms with van der Waals surface area (Å²) in [6, 6.07) is 18.5. The number of nitrogens with one attached hydrogen (secondary N) is 2. The van der Waals surface area contributed by atoms with Crippen molar-refractivity contribution in [3.05, 3.63) is 216 Å². The lowest BCUT2D eigenvalue weighted by atomic mass is 9.67. The van der Waals surface area contributed by atoms with Gasteiger partial charge >= 0.3 is 0 Å². The molecular formula is C60H46N4S4. The quantitative estimate of drug-likeness (QED) is 0.166. The zero-order chi connectivity index (χ0) is 43.9. The predicted octanol–water partition coefficient (Wildman–Crippen LogP) is 14.0. The van der Waals surface area contributed by atoms with Crippen molar-refractivity contribution in [2.24, 2.45) is 33.7 Å². The van der Waals surface area contributed by atoms with Crippen LogP contribution in [0.1, 0.15) is 128 Å². The molecule has 0 fully saturated rings. The number of aliphatic imine (C=N–C) groups is 2. The first-order chi connectivity index (χ1) is 33.7. The molecule has 16 bridgehead atoms. The summed E-state index contributed by atoms with van der Waals surface area (Å²) in [5.41, 5.74) is 24.3. The highest BCUT2D eigenvalue weighted by molar-refractivity contribution is 7.12. The van der Waals surface area contributed by atoms with Gasteiger partial charge in [0.1, 0.15) is 0 Å². The van der Waals surface area contributed by atoms with E-state index in [4.69, 9.17) is 9.98 Å². The Morgan fingerprint density at radius 3 is 1.16 bits per heavy atom. The molecular weight excluding hydrogens is 905 g/mol. The molecule has 6 aromatic rings. The fraction of sp³-hybridized carbons (Fsp3) is 0.267. The van der Waals surface area contributed by atoms with Crippen LogP contribution in [-0.4, -0.2) is 21.4 Å². The van der Waals surface area contributed by atoms with Crippen LogP contribution < -0.4 is 10.7 Å². The Kier molecular flexibility index (Phi) is 7.87. The molecule has 2 N–H and O–H groups in total. The Labute approximate surface area is 411 Å². The third kappa shape index (κ3) is 4.99. The molecule has 0 saturated heterocycles. The summed E-state index contributed by atoms with van der Waals surface area (Å²) in [5, 5.41) is 11.7. The van der Waals surface area contributed by atoms with E-state index < -0.39 is 0 Å². The lowest BCUT2D eigenvalue weighted by molar-refractivity contribution is 0.501. The molecule has 0 aromatic carbocycles. The molecule has 0 radical (unpaired) electrons. The van der Waals surface area contributed by atoms with Crippen LogP contribution in [0, 0.1) is 23.7 Å². The van der Waals surface area contributed by atoms with Gasteiger partial charge in [-0.25, -0.2) is 9.98 Å². The number of hydrogen-bond acceptors (Lipinski definition) is 6. The maximum absolute atomic E-state index is 6.25. The molecule has 68 heavy (non-hydrogen) atoms. The number of fused-ring (bicyclic) bond motifs is 4. The zero-order valence-corrected chi connectivity index (χ0v) is 40.6. The van der Waals surface area contributed by atoms with Gasteiger partial charge in [-0.05, 0) is 142 Å². The van der Waals surface area contributed by atoms with E-state index in [0.717, 1.165) is 25.7 Å². The Bertz CT molecular complexity index is 3710. The number of thiophene rings is 4. The first kappa shape index (κ1) is 38.2. The summed E-state index contributed by atoms with van der Waals surface area (Å²) < 4.78 is 0. The Morgan fingerprint density at radius 1 is 0.353 bits per heavy atom. The van der Waals surface area contributed by atoms with Crippen LogP contribution in [0.2, 0.25) is 0 Å². The minimum Gasteiger partial charge on any atom is -0.354 e. The number of rotatable bonds is 4. The van der Waals surface area contributed by atoms with Gasteiger partial charge in [-0.2, -0.15) is 0 Å². The van der Waals surface area contributed by atoms with E-state index in [1.54, 1.807) is 0 Å². The molecule has 330 valence electrons. The summed E-state index contributed by atoms with van der Waals surface area (Å²) in [6.07, 6.45) is 29.7. The van der Waals surface area contributed by atoms with E-state index in [1.165, 1.54) is 157 Å². The third-order valence-corrected chi connectivity index (χ3v) is 21.2. The second-order valence-corrected chi connectivity index (χ2v) is 24.6. The molecule has 2 aliphatic heterocycles. The van der Waals surface area contributed by atoms with Crippen molar-refractivity contribution in [1.29, 1.82) is 0 Å². The predicted molar refractivity (Wildman–Crippen MR) is 283 cm³/mol. The van der Waals surface area contributed by atoms with Crippen molar-refractivity contribution in [3.63, 3.8) is 0 Å². The Hall–Kier alpha value is -5.64. The second kappa shape index (κ2) is 14.0. The average molecular weight is 951 g/mol. The molecule has 0 saturated carbocycles. The van der Waals surface area contributed by atoms with Crippen LogP contribution >= 0.6 is 45.3 Å². The van der Waals surface area contributed by atoms with E-state index in [-0.39, 0.29) is 0 Å². The number of aromatic nitrogens is 2. The van der Waals surface area contributed by atoms with Gasteiger partial charge in [0.25, 0.3) is 0 Å². The molecule has 8 heteroatoms. The summed E-state index contributed by atoms with van der Waals surface area (Å²) in [7, 11) is 0. The molecule has 0 spiro atoms. The minimum atomic E-state index is 0.320. The average Bonchev–Trinajstić information content (AvgIpc) is 4.24. The fourth-order valence-electron chi connectivity index (χ4n) is 14.9. The topological polar surface area (TPSA) is 56.3 Å². The van der Waals surface area contributed by atoms with Crippen molar-refractivity contribution in [2.45, 2.75) is 75.0 Å². The molecule has 0 amide bonds. The van der Waals surface area contributed by atoms with Crippen molar-refractivity contribution in [1.82, 2.24) is 9.97 Å². The highest BCUT2D eigenvalue weighted by atomic mass is 32.1. The monoisotopic (exact) mass is 950 g/mol. The van der Waals surface area contributed by atoms with E-state index >= 15 is 0 Å². The fourth-order valence-corrected chi connectivity index (χ4v) is 18.1. The highest BCUT2D eigenvalue weighted by Crippen LogP contribution is 2.59. The van der Waals surface area contributed by atoms with E-state index in [2.05, 4.69) is 129 Å². The largest absolute Gasteiger partial charge is 0.354 e. The lowest BCUT2D eigenvalue weighted by Gasteiger charge is -2.35. The molecule has 15 aliphatic rings. The van der Waals surface area contributed by atoms with Crippen LogP contribution in [0.15, 0.2) is 162 Å². The number of aromatic amines is 2. The second-order valence-electron chi connectivity index (χ2n) is 20.8. The molecule has 21 rings (SSSR count). The summed E-state index contributed by atoms with van der Waals surface area (Å²) in [4.78, 5) is 26.6. The molecule has 0 unspecified atom stereocenters. The van der Waals surface area contributed by atoms with Gasteiger partial charge in [0.05, 0.1) is 44.9 Å². The van der Waals surface area contributed by atoms with Gasteiger partial charge in [0.2, 0.25) is 0 Å². The van der Waals surface area contributed by atoms with Gasteiger partial charge in [0, 0.05) is 89.1 Å². The van der Waals surface area contributed by atoms with E-state index in [1.807, 2.05) is 45.3 Å². The number of hydrogen-bond donors (Lipinski definition) is 2. The summed E-state index contributed by atoms with van der Waals surface area (Å²) >= 11 is 7.49. The van der Waals surface area contributed by atoms with Crippen LogP contribution in [0.3, 0.4) is 0 Å². The molecule has 6 aromatic heterocycles. The van der Waals surface area contributed by atoms with Crippen LogP contribution in [0.5, 0.6) is 0 Å². The van der Waals surface area contributed by atoms with Crippen molar-refractivity contribution >= 4 is 79.1 Å². The van der Waals surface area contributed by atoms with Gasteiger partial charge < -0.3 is 9.97 Å². The zero-order valence-electron chi connectivity index (χ0n) is 37.4. The standard InChI is InChI=1S/C60H46N4S4/c1-5-37(65-25-1)49-53-41-29-9-13-31(14-10-29)43(41)55(61-53)50(38-6-2-26-66-38)57-45-33-17-21-35(22-18-33)47(45)59(63-57)52(40-8-4-28-68-40)60-48-36-23-19-34(20-24-36)46(48)58(64-60)51(39-7-3-27-67-39)56-44-32-15-11-30(12-16-32)42(44)54(49)62-56/h1-9,11,13,15,17,19,21,23,25-36,61-62H,10,12,14,16,18,20,22,24H2/t29-,30+,31+,32-,33-,34-,35+,36+/m0/s1. The Balaban J connectivity index is 1.13. The van der Waals surface area contributed by atoms with E-state index in [0.29, 0.717) is 47.3 Å². The third-order valence-electron chi connectivity index (χ3n) is 17.6. The van der Waals surface area contributed by atoms with Crippen molar-refractivity contribution < 1.29 is 0 Å². The number of allylic oxidation sites excluding steroid dienone is 13. The van der Waals surface area contributed by atoms with Gasteiger partial charge in [-0.3, -0.25) is 0 Å². The Morgan fingerprint density at radius 2 is 0.706 bits per heavy atom. The minimum absolute atomic E-state index is 0.320. The maximum Gasteiger partial charge on any atom is 0.0787 e. The highest BCUT2D eigenvalue weighted by Gasteiger charge is 2.48. The first-order valence-corrected chi connectivity index (χ1v) is 28.6. The van der Waals surface area contributed by atoms with Crippen molar-refractivity contribution in [3.8, 4) is 0 Å². The molecule has 4 nitrogen and oxygen atoms in total.